The van der Waals surface area contributed by atoms with Crippen LogP contribution < -0.4 is 5.32 Å². The molecule has 1 amide bonds. The van der Waals surface area contributed by atoms with Gasteiger partial charge < -0.3 is 9.84 Å². The first-order valence-electron chi connectivity index (χ1n) is 8.03. The fourth-order valence-corrected chi connectivity index (χ4v) is 2.53. The SMILES string of the molecule is CCc1ccc(C(=O)N[C@@H](c2noc(C)n2)c2ccccc2F)cc1. The number of carbonyl (C=O) groups excluding carboxylic acids is 1. The van der Waals surface area contributed by atoms with E-state index in [9.17, 15) is 9.18 Å². The molecule has 1 aromatic heterocycles. The van der Waals surface area contributed by atoms with E-state index in [1.165, 1.54) is 6.07 Å². The van der Waals surface area contributed by atoms with Crippen molar-refractivity contribution in [1.82, 2.24) is 15.5 Å². The summed E-state index contributed by atoms with van der Waals surface area (Å²) in [5.41, 5.74) is 1.90. The lowest BCUT2D eigenvalue weighted by Gasteiger charge is -2.16. The van der Waals surface area contributed by atoms with Crippen molar-refractivity contribution in [1.29, 1.82) is 0 Å². The summed E-state index contributed by atoms with van der Waals surface area (Å²) in [5, 5.41) is 6.63. The molecule has 1 atom stereocenters. The van der Waals surface area contributed by atoms with E-state index in [4.69, 9.17) is 4.52 Å². The van der Waals surface area contributed by atoms with Gasteiger partial charge in [-0.1, -0.05) is 42.4 Å². The normalized spacial score (nSPS) is 12.0. The van der Waals surface area contributed by atoms with Crippen molar-refractivity contribution in [2.75, 3.05) is 0 Å². The average molecular weight is 339 g/mol. The second-order valence-corrected chi connectivity index (χ2v) is 5.65. The number of aromatic nitrogens is 2. The van der Waals surface area contributed by atoms with Gasteiger partial charge in [0.2, 0.25) is 5.89 Å². The molecular formula is C19H18FN3O2. The van der Waals surface area contributed by atoms with Crippen molar-refractivity contribution in [3.8, 4) is 0 Å². The van der Waals surface area contributed by atoms with Gasteiger partial charge in [-0.3, -0.25) is 4.79 Å². The predicted molar refractivity (Wildman–Crippen MR) is 90.6 cm³/mol. The monoisotopic (exact) mass is 339 g/mol. The highest BCUT2D eigenvalue weighted by Gasteiger charge is 2.25. The van der Waals surface area contributed by atoms with E-state index in [2.05, 4.69) is 15.5 Å². The molecular weight excluding hydrogens is 321 g/mol. The highest BCUT2D eigenvalue weighted by atomic mass is 19.1. The Morgan fingerprint density at radius 1 is 1.20 bits per heavy atom. The Balaban J connectivity index is 1.92. The van der Waals surface area contributed by atoms with Crippen molar-refractivity contribution >= 4 is 5.91 Å². The molecule has 2 aromatic carbocycles. The number of nitrogens with zero attached hydrogens (tertiary/aromatic N) is 2. The molecule has 0 spiro atoms. The largest absolute Gasteiger partial charge is 0.340 e. The topological polar surface area (TPSA) is 68.0 Å². The highest BCUT2D eigenvalue weighted by molar-refractivity contribution is 5.94. The van der Waals surface area contributed by atoms with Crippen LogP contribution in [-0.4, -0.2) is 16.0 Å². The molecule has 128 valence electrons. The van der Waals surface area contributed by atoms with Crippen molar-refractivity contribution in [3.05, 3.63) is 82.8 Å². The number of benzene rings is 2. The molecule has 1 heterocycles. The fourth-order valence-electron chi connectivity index (χ4n) is 2.53. The average Bonchev–Trinajstić information content (AvgIpc) is 3.06. The Bertz CT molecular complexity index is 874. The van der Waals surface area contributed by atoms with Gasteiger partial charge in [-0.05, 0) is 30.2 Å². The van der Waals surface area contributed by atoms with Crippen LogP contribution in [0.4, 0.5) is 4.39 Å². The first-order chi connectivity index (χ1) is 12.1. The van der Waals surface area contributed by atoms with Crippen LogP contribution in [0.25, 0.3) is 0 Å². The molecule has 0 aliphatic carbocycles. The number of carbonyl (C=O) groups is 1. The van der Waals surface area contributed by atoms with Gasteiger partial charge in [0, 0.05) is 18.1 Å². The minimum atomic E-state index is -0.836. The molecule has 0 fully saturated rings. The number of amides is 1. The molecule has 6 heteroatoms. The number of aryl methyl sites for hydroxylation is 2. The zero-order valence-electron chi connectivity index (χ0n) is 14.0. The Hall–Kier alpha value is -3.02. The van der Waals surface area contributed by atoms with Gasteiger partial charge in [0.15, 0.2) is 5.82 Å². The molecule has 1 N–H and O–H groups in total. The minimum absolute atomic E-state index is 0.209. The molecule has 0 radical (unpaired) electrons. The van der Waals surface area contributed by atoms with Gasteiger partial charge in [0.1, 0.15) is 11.9 Å². The minimum Gasteiger partial charge on any atom is -0.340 e. The van der Waals surface area contributed by atoms with Gasteiger partial charge in [0.05, 0.1) is 0 Å². The van der Waals surface area contributed by atoms with Crippen molar-refractivity contribution in [2.45, 2.75) is 26.3 Å². The first kappa shape index (κ1) is 16.8. The quantitative estimate of drug-likeness (QED) is 0.771. The smallest absolute Gasteiger partial charge is 0.252 e. The van der Waals surface area contributed by atoms with Crippen LogP contribution >= 0.6 is 0 Å². The third-order valence-electron chi connectivity index (χ3n) is 3.92. The lowest BCUT2D eigenvalue weighted by molar-refractivity contribution is 0.0940. The van der Waals surface area contributed by atoms with E-state index in [1.807, 2.05) is 19.1 Å². The summed E-state index contributed by atoms with van der Waals surface area (Å²) in [6, 6.07) is 12.6. The zero-order chi connectivity index (χ0) is 17.8. The van der Waals surface area contributed by atoms with E-state index in [1.54, 1.807) is 37.3 Å². The van der Waals surface area contributed by atoms with Gasteiger partial charge in [-0.25, -0.2) is 4.39 Å². The molecule has 0 aliphatic heterocycles. The number of hydrogen-bond donors (Lipinski definition) is 1. The second kappa shape index (κ2) is 7.25. The number of halogens is 1. The van der Waals surface area contributed by atoms with Crippen LogP contribution in [0.3, 0.4) is 0 Å². The molecule has 3 rings (SSSR count). The summed E-state index contributed by atoms with van der Waals surface area (Å²) in [6.07, 6.45) is 0.891. The Kier molecular flexibility index (Phi) is 4.88. The molecule has 0 bridgehead atoms. The Labute approximate surface area is 144 Å². The number of nitrogens with one attached hydrogen (secondary N) is 1. The van der Waals surface area contributed by atoms with Crippen LogP contribution in [-0.2, 0) is 6.42 Å². The van der Waals surface area contributed by atoms with Crippen molar-refractivity contribution in [2.24, 2.45) is 0 Å². The summed E-state index contributed by atoms with van der Waals surface area (Å²) < 4.78 is 19.2. The van der Waals surface area contributed by atoms with Gasteiger partial charge in [0.25, 0.3) is 5.91 Å². The van der Waals surface area contributed by atoms with Gasteiger partial charge >= 0.3 is 0 Å². The van der Waals surface area contributed by atoms with Crippen LogP contribution in [0.5, 0.6) is 0 Å². The summed E-state index contributed by atoms with van der Waals surface area (Å²) in [4.78, 5) is 16.7. The van der Waals surface area contributed by atoms with Crippen LogP contribution in [0.15, 0.2) is 53.1 Å². The van der Waals surface area contributed by atoms with Crippen LogP contribution in [0.1, 0.15) is 46.2 Å². The van der Waals surface area contributed by atoms with E-state index >= 15 is 0 Å². The van der Waals surface area contributed by atoms with E-state index in [-0.39, 0.29) is 17.3 Å². The Morgan fingerprint density at radius 3 is 2.52 bits per heavy atom. The molecule has 3 aromatic rings. The van der Waals surface area contributed by atoms with Crippen molar-refractivity contribution in [3.63, 3.8) is 0 Å². The first-order valence-corrected chi connectivity index (χ1v) is 8.03. The molecule has 0 aliphatic rings. The summed E-state index contributed by atoms with van der Waals surface area (Å²) in [6.45, 7) is 3.68. The maximum Gasteiger partial charge on any atom is 0.252 e. The Morgan fingerprint density at radius 2 is 1.92 bits per heavy atom. The molecule has 0 unspecified atom stereocenters. The summed E-state index contributed by atoms with van der Waals surface area (Å²) >= 11 is 0. The molecule has 5 nitrogen and oxygen atoms in total. The highest BCUT2D eigenvalue weighted by Crippen LogP contribution is 2.23. The predicted octanol–water partition coefficient (Wildman–Crippen LogP) is 3.60. The molecule has 25 heavy (non-hydrogen) atoms. The number of hydrogen-bond acceptors (Lipinski definition) is 4. The van der Waals surface area contributed by atoms with Gasteiger partial charge in [-0.15, -0.1) is 0 Å². The van der Waals surface area contributed by atoms with E-state index in [0.29, 0.717) is 11.5 Å². The maximum atomic E-state index is 14.2. The van der Waals surface area contributed by atoms with Crippen LogP contribution in [0.2, 0.25) is 0 Å². The third kappa shape index (κ3) is 3.74. The molecule has 0 saturated heterocycles. The summed E-state index contributed by atoms with van der Waals surface area (Å²) in [5.74, 6) is -0.228. The summed E-state index contributed by atoms with van der Waals surface area (Å²) in [7, 11) is 0. The second-order valence-electron chi connectivity index (χ2n) is 5.65. The lowest BCUT2D eigenvalue weighted by atomic mass is 10.0. The van der Waals surface area contributed by atoms with Crippen LogP contribution in [0, 0.1) is 12.7 Å². The van der Waals surface area contributed by atoms with E-state index in [0.717, 1.165) is 12.0 Å². The van der Waals surface area contributed by atoms with Crippen molar-refractivity contribution < 1.29 is 13.7 Å². The maximum absolute atomic E-state index is 14.2. The zero-order valence-corrected chi connectivity index (χ0v) is 14.0. The van der Waals surface area contributed by atoms with E-state index < -0.39 is 11.9 Å². The lowest BCUT2D eigenvalue weighted by Crippen LogP contribution is -2.30. The third-order valence-corrected chi connectivity index (χ3v) is 3.92. The number of rotatable bonds is 5. The fraction of sp³-hybridized carbons (Fsp3) is 0.211. The van der Waals surface area contributed by atoms with Gasteiger partial charge in [-0.2, -0.15) is 4.98 Å². The molecule has 0 saturated carbocycles. The standard InChI is InChI=1S/C19H18FN3O2/c1-3-13-8-10-14(11-9-13)19(24)22-17(18-21-12(2)25-23-18)15-6-4-5-7-16(15)20/h4-11,17H,3H2,1-2H3,(H,22,24)/t17-/m1/s1.